The van der Waals surface area contributed by atoms with Crippen LogP contribution in [-0.2, 0) is 22.4 Å². The molecule has 1 aromatic heterocycles. The third-order valence-corrected chi connectivity index (χ3v) is 5.23. The van der Waals surface area contributed by atoms with E-state index in [0.29, 0.717) is 25.4 Å². The Balaban J connectivity index is 1.62. The number of pyridine rings is 1. The number of amides is 2. The number of ether oxygens (including phenoxy) is 1. The van der Waals surface area contributed by atoms with Gasteiger partial charge in [-0.15, -0.1) is 0 Å². The Bertz CT molecular complexity index is 1050. The Morgan fingerprint density at radius 3 is 2.39 bits per heavy atom. The average molecular weight is 448 g/mol. The van der Waals surface area contributed by atoms with Crippen molar-refractivity contribution < 1.29 is 19.4 Å². The summed E-state index contributed by atoms with van der Waals surface area (Å²) in [6.07, 6.45) is 0.186. The predicted molar refractivity (Wildman–Crippen MR) is 128 cm³/mol. The summed E-state index contributed by atoms with van der Waals surface area (Å²) < 4.78 is 5.28. The summed E-state index contributed by atoms with van der Waals surface area (Å²) in [5, 5.41) is 12.2. The van der Waals surface area contributed by atoms with E-state index in [1.807, 2.05) is 66.7 Å². The van der Waals surface area contributed by atoms with Crippen LogP contribution >= 0.6 is 0 Å². The highest BCUT2D eigenvalue weighted by atomic mass is 16.5. The summed E-state index contributed by atoms with van der Waals surface area (Å²) in [5.74, 6) is -0.434. The van der Waals surface area contributed by atoms with Gasteiger partial charge in [-0.05, 0) is 36.6 Å². The van der Waals surface area contributed by atoms with Crippen LogP contribution in [0.2, 0.25) is 0 Å². The van der Waals surface area contributed by atoms with Crippen LogP contribution in [0.4, 0.5) is 10.6 Å². The van der Waals surface area contributed by atoms with E-state index >= 15 is 0 Å². The maximum atomic E-state index is 12.6. The van der Waals surface area contributed by atoms with Gasteiger partial charge in [0.15, 0.2) is 6.10 Å². The first-order valence-corrected chi connectivity index (χ1v) is 10.9. The molecule has 0 bridgehead atoms. The third kappa shape index (κ3) is 6.89. The number of carbonyl (C=O) groups excluding carboxylic acids is 1. The molecular formula is C26H29N3O4. The van der Waals surface area contributed by atoms with Crippen molar-refractivity contribution in [2.45, 2.75) is 25.9 Å². The van der Waals surface area contributed by atoms with Gasteiger partial charge in [-0.1, -0.05) is 60.7 Å². The lowest BCUT2D eigenvalue weighted by molar-refractivity contribution is -0.149. The summed E-state index contributed by atoms with van der Waals surface area (Å²) in [7, 11) is 1.69. The number of carboxylic acid groups (broad SMARTS) is 1. The zero-order chi connectivity index (χ0) is 23.6. The number of nitrogens with one attached hydrogen (secondary N) is 1. The zero-order valence-electron chi connectivity index (χ0n) is 18.9. The van der Waals surface area contributed by atoms with Crippen LogP contribution in [0, 0.1) is 0 Å². The third-order valence-electron chi connectivity index (χ3n) is 5.23. The predicted octanol–water partition coefficient (Wildman–Crippen LogP) is 4.17. The number of urea groups is 1. The molecule has 0 fully saturated rings. The van der Waals surface area contributed by atoms with Gasteiger partial charge in [0.1, 0.15) is 5.82 Å². The first-order chi connectivity index (χ1) is 16.0. The van der Waals surface area contributed by atoms with Gasteiger partial charge in [-0.3, -0.25) is 4.90 Å². The first-order valence-electron chi connectivity index (χ1n) is 10.9. The molecule has 0 saturated heterocycles. The number of hydrogen-bond donors (Lipinski definition) is 2. The molecule has 33 heavy (non-hydrogen) atoms. The van der Waals surface area contributed by atoms with Gasteiger partial charge in [0.2, 0.25) is 0 Å². The highest BCUT2D eigenvalue weighted by molar-refractivity contribution is 5.90. The van der Waals surface area contributed by atoms with E-state index < -0.39 is 12.1 Å². The van der Waals surface area contributed by atoms with Crippen molar-refractivity contribution in [2.75, 3.05) is 25.1 Å². The van der Waals surface area contributed by atoms with Crippen LogP contribution in [0.5, 0.6) is 0 Å². The van der Waals surface area contributed by atoms with Crippen molar-refractivity contribution in [1.29, 1.82) is 0 Å². The van der Waals surface area contributed by atoms with Crippen LogP contribution in [0.3, 0.4) is 0 Å². The zero-order valence-corrected chi connectivity index (χ0v) is 18.9. The minimum atomic E-state index is -0.972. The van der Waals surface area contributed by atoms with E-state index in [-0.39, 0.29) is 6.03 Å². The standard InChI is InChI=1S/C26H29N3O4/c1-3-33-23(25(30)31)18-20-12-14-21(15-13-20)22-10-7-11-24(28-22)29(2)26(32)27-17-16-19-8-5-4-6-9-19/h4-15,23H,3,16-18H2,1-2H3,(H,27,32)(H,30,31)/t23-/m0/s1. The van der Waals surface area contributed by atoms with Gasteiger partial charge < -0.3 is 15.2 Å². The molecule has 0 radical (unpaired) electrons. The maximum absolute atomic E-state index is 12.6. The van der Waals surface area contributed by atoms with Crippen molar-refractivity contribution >= 4 is 17.8 Å². The number of anilines is 1. The Labute approximate surface area is 194 Å². The molecule has 172 valence electrons. The first kappa shape index (κ1) is 23.9. The molecule has 7 heteroatoms. The molecule has 2 N–H and O–H groups in total. The molecule has 3 rings (SSSR count). The fraction of sp³-hybridized carbons (Fsp3) is 0.269. The number of benzene rings is 2. The maximum Gasteiger partial charge on any atom is 0.333 e. The van der Waals surface area contributed by atoms with Crippen molar-refractivity contribution in [3.05, 3.63) is 83.9 Å². The Kier molecular flexibility index (Phi) is 8.55. The smallest absolute Gasteiger partial charge is 0.333 e. The average Bonchev–Trinajstić information content (AvgIpc) is 2.84. The number of carbonyl (C=O) groups is 2. The van der Waals surface area contributed by atoms with Gasteiger partial charge in [0.25, 0.3) is 0 Å². The molecule has 1 heterocycles. The Morgan fingerprint density at radius 1 is 1.00 bits per heavy atom. The Hall–Kier alpha value is -3.71. The van der Waals surface area contributed by atoms with Crippen LogP contribution in [-0.4, -0.2) is 48.4 Å². The van der Waals surface area contributed by atoms with Crippen molar-refractivity contribution in [3.63, 3.8) is 0 Å². The molecule has 0 aliphatic carbocycles. The summed E-state index contributed by atoms with van der Waals surface area (Å²) in [5.41, 5.74) is 3.63. The number of aliphatic carboxylic acids is 1. The topological polar surface area (TPSA) is 91.8 Å². The van der Waals surface area contributed by atoms with Gasteiger partial charge in [-0.2, -0.15) is 0 Å². The minimum absolute atomic E-state index is 0.221. The van der Waals surface area contributed by atoms with Crippen molar-refractivity contribution in [3.8, 4) is 11.3 Å². The molecule has 7 nitrogen and oxygen atoms in total. The number of rotatable bonds is 10. The molecule has 2 aromatic carbocycles. The lowest BCUT2D eigenvalue weighted by Gasteiger charge is -2.18. The Morgan fingerprint density at radius 2 is 1.73 bits per heavy atom. The molecule has 1 atom stereocenters. The second-order valence-corrected chi connectivity index (χ2v) is 7.59. The highest BCUT2D eigenvalue weighted by Crippen LogP contribution is 2.21. The minimum Gasteiger partial charge on any atom is -0.479 e. The van der Waals surface area contributed by atoms with Crippen LogP contribution in [0.1, 0.15) is 18.1 Å². The van der Waals surface area contributed by atoms with E-state index in [1.165, 1.54) is 10.5 Å². The quantitative estimate of drug-likeness (QED) is 0.487. The molecule has 3 aromatic rings. The largest absolute Gasteiger partial charge is 0.479 e. The SMILES string of the molecule is CCO[C@@H](Cc1ccc(-c2cccc(N(C)C(=O)NCCc3ccccc3)n2)cc1)C(=O)O. The molecule has 0 aliphatic rings. The number of nitrogens with zero attached hydrogens (tertiary/aromatic N) is 2. The number of aromatic nitrogens is 1. The number of hydrogen-bond acceptors (Lipinski definition) is 4. The summed E-state index contributed by atoms with van der Waals surface area (Å²) in [6, 6.07) is 22.8. The lowest BCUT2D eigenvalue weighted by Crippen LogP contribution is -2.38. The van der Waals surface area contributed by atoms with Crippen LogP contribution in [0.15, 0.2) is 72.8 Å². The monoisotopic (exact) mass is 447 g/mol. The van der Waals surface area contributed by atoms with E-state index in [0.717, 1.165) is 23.2 Å². The van der Waals surface area contributed by atoms with Crippen LogP contribution < -0.4 is 10.2 Å². The summed E-state index contributed by atoms with van der Waals surface area (Å²) >= 11 is 0. The van der Waals surface area contributed by atoms with E-state index in [2.05, 4.69) is 10.3 Å². The lowest BCUT2D eigenvalue weighted by atomic mass is 10.0. The molecular weight excluding hydrogens is 418 g/mol. The van der Waals surface area contributed by atoms with E-state index in [4.69, 9.17) is 4.74 Å². The second kappa shape index (κ2) is 11.8. The molecule has 2 amide bonds. The van der Waals surface area contributed by atoms with Gasteiger partial charge in [-0.25, -0.2) is 14.6 Å². The second-order valence-electron chi connectivity index (χ2n) is 7.59. The number of carboxylic acids is 1. The van der Waals surface area contributed by atoms with Gasteiger partial charge >= 0.3 is 12.0 Å². The van der Waals surface area contributed by atoms with Crippen molar-refractivity contribution in [2.24, 2.45) is 0 Å². The van der Waals surface area contributed by atoms with Crippen LogP contribution in [0.25, 0.3) is 11.3 Å². The van der Waals surface area contributed by atoms with E-state index in [9.17, 15) is 14.7 Å². The van der Waals surface area contributed by atoms with Crippen molar-refractivity contribution in [1.82, 2.24) is 10.3 Å². The molecule has 0 saturated carbocycles. The molecule has 0 spiro atoms. The van der Waals surface area contributed by atoms with Gasteiger partial charge in [0.05, 0.1) is 5.69 Å². The van der Waals surface area contributed by atoms with Gasteiger partial charge in [0, 0.05) is 32.2 Å². The fourth-order valence-corrected chi connectivity index (χ4v) is 3.40. The molecule has 0 aliphatic heterocycles. The van der Waals surface area contributed by atoms with E-state index in [1.54, 1.807) is 20.0 Å². The highest BCUT2D eigenvalue weighted by Gasteiger charge is 2.18. The summed E-state index contributed by atoms with van der Waals surface area (Å²) in [6.45, 7) is 2.66. The normalized spacial score (nSPS) is 11.6. The molecule has 0 unspecified atom stereocenters. The fourth-order valence-electron chi connectivity index (χ4n) is 3.40. The summed E-state index contributed by atoms with van der Waals surface area (Å²) in [4.78, 5) is 30.0.